The number of thioether (sulfide) groups is 1. The third-order valence-corrected chi connectivity index (χ3v) is 5.87. The fourth-order valence-electron chi connectivity index (χ4n) is 3.45. The maximum absolute atomic E-state index is 9.67. The Hall–Kier alpha value is -2.21. The summed E-state index contributed by atoms with van der Waals surface area (Å²) in [7, 11) is 0. The lowest BCUT2D eigenvalue weighted by molar-refractivity contribution is -0.0980. The number of hydrogen-bond acceptors (Lipinski definition) is 4. The van der Waals surface area contributed by atoms with E-state index in [2.05, 4.69) is 54.1 Å². The summed E-state index contributed by atoms with van der Waals surface area (Å²) in [6, 6.07) is 21.1. The van der Waals surface area contributed by atoms with Gasteiger partial charge in [0.2, 0.25) is 0 Å². The predicted molar refractivity (Wildman–Crippen MR) is 124 cm³/mol. The van der Waals surface area contributed by atoms with Crippen LogP contribution in [0.3, 0.4) is 0 Å². The molecule has 0 radical (unpaired) electrons. The second-order valence-electron chi connectivity index (χ2n) is 7.18. The first kappa shape index (κ1) is 22.5. The summed E-state index contributed by atoms with van der Waals surface area (Å²) in [5, 5.41) is 9.67. The van der Waals surface area contributed by atoms with Gasteiger partial charge in [0.15, 0.2) is 6.29 Å². The average Bonchev–Trinajstić information content (AvgIpc) is 3.14. The Morgan fingerprint density at radius 2 is 1.73 bits per heavy atom. The monoisotopic (exact) mass is 425 g/mol. The smallest absolute Gasteiger partial charge is 0.154 e. The van der Waals surface area contributed by atoms with E-state index in [9.17, 15) is 5.11 Å². The van der Waals surface area contributed by atoms with Crippen LogP contribution in [-0.4, -0.2) is 35.4 Å². The van der Waals surface area contributed by atoms with Gasteiger partial charge in [-0.3, -0.25) is 0 Å². The highest BCUT2D eigenvalue weighted by atomic mass is 32.2. The van der Waals surface area contributed by atoms with Crippen molar-refractivity contribution in [2.45, 2.75) is 44.4 Å². The zero-order chi connectivity index (χ0) is 21.3. The zero-order valence-corrected chi connectivity index (χ0v) is 18.8. The third-order valence-electron chi connectivity index (χ3n) is 5.13. The highest BCUT2D eigenvalue weighted by Crippen LogP contribution is 2.25. The average molecular weight is 426 g/mol. The predicted octanol–water partition coefficient (Wildman–Crippen LogP) is 5.55. The molecule has 0 amide bonds. The molecule has 0 saturated carbocycles. The summed E-state index contributed by atoms with van der Waals surface area (Å²) < 4.78 is 13.5. The maximum Gasteiger partial charge on any atom is 0.154 e. The molecule has 1 atom stereocenters. The minimum absolute atomic E-state index is 0.527. The number of aliphatic hydroxyl groups excluding tert-OH is 1. The Bertz CT molecular complexity index is 903. The number of rotatable bonds is 11. The van der Waals surface area contributed by atoms with Crippen LogP contribution in [0.1, 0.15) is 24.6 Å². The van der Waals surface area contributed by atoms with Gasteiger partial charge in [-0.1, -0.05) is 24.3 Å². The van der Waals surface area contributed by atoms with E-state index < -0.39 is 6.29 Å². The number of ether oxygens (including phenoxy) is 2. The van der Waals surface area contributed by atoms with Crippen molar-refractivity contribution in [3.63, 3.8) is 0 Å². The molecule has 30 heavy (non-hydrogen) atoms. The van der Waals surface area contributed by atoms with Crippen molar-refractivity contribution in [3.8, 4) is 17.0 Å². The summed E-state index contributed by atoms with van der Waals surface area (Å²) in [6.07, 6.45) is 2.78. The fraction of sp³-hybridized carbons (Fsp3) is 0.360. The van der Waals surface area contributed by atoms with Crippen molar-refractivity contribution < 1.29 is 14.6 Å². The quantitative estimate of drug-likeness (QED) is 0.323. The van der Waals surface area contributed by atoms with Crippen molar-refractivity contribution in [3.05, 3.63) is 71.9 Å². The zero-order valence-electron chi connectivity index (χ0n) is 18.0. The molecule has 160 valence electrons. The van der Waals surface area contributed by atoms with Gasteiger partial charge in [-0.2, -0.15) is 0 Å². The Balaban J connectivity index is 1.54. The minimum atomic E-state index is -0.693. The molecule has 0 unspecified atom stereocenters. The Morgan fingerprint density at radius 3 is 2.40 bits per heavy atom. The van der Waals surface area contributed by atoms with Gasteiger partial charge in [-0.25, -0.2) is 0 Å². The molecule has 3 aromatic rings. The lowest BCUT2D eigenvalue weighted by Gasteiger charge is -2.14. The van der Waals surface area contributed by atoms with Gasteiger partial charge in [0.1, 0.15) is 12.4 Å². The number of hydrogen-bond donors (Lipinski definition) is 1. The topological polar surface area (TPSA) is 43.6 Å². The second-order valence-corrected chi connectivity index (χ2v) is 8.06. The van der Waals surface area contributed by atoms with Crippen molar-refractivity contribution >= 4 is 11.8 Å². The molecule has 3 rings (SSSR count). The molecule has 4 nitrogen and oxygen atoms in total. The van der Waals surface area contributed by atoms with Crippen LogP contribution in [0, 0.1) is 6.92 Å². The number of aromatic nitrogens is 1. The van der Waals surface area contributed by atoms with Gasteiger partial charge in [0.05, 0.1) is 6.54 Å². The van der Waals surface area contributed by atoms with Gasteiger partial charge < -0.3 is 19.1 Å². The van der Waals surface area contributed by atoms with Crippen LogP contribution in [0.25, 0.3) is 11.3 Å². The minimum Gasteiger partial charge on any atom is -0.492 e. The SMILES string of the molecule is CCO[C@H](O)CCc1ccc(OCCn2c(C)ccc2-c2ccc(SC)cc2)cc1. The molecule has 0 aliphatic heterocycles. The van der Waals surface area contributed by atoms with Gasteiger partial charge in [-0.05, 0) is 74.0 Å². The van der Waals surface area contributed by atoms with E-state index in [1.807, 2.05) is 31.2 Å². The number of nitrogens with zero attached hydrogens (tertiary/aromatic N) is 1. The van der Waals surface area contributed by atoms with Crippen LogP contribution in [0.5, 0.6) is 5.75 Å². The Kier molecular flexibility index (Phi) is 8.43. The molecule has 0 aliphatic rings. The molecule has 0 saturated heterocycles. The molecule has 0 bridgehead atoms. The van der Waals surface area contributed by atoms with Gasteiger partial charge in [0, 0.05) is 29.3 Å². The van der Waals surface area contributed by atoms with Crippen LogP contribution in [0.15, 0.2) is 65.6 Å². The van der Waals surface area contributed by atoms with Gasteiger partial charge >= 0.3 is 0 Å². The van der Waals surface area contributed by atoms with E-state index in [0.717, 1.165) is 18.7 Å². The number of aliphatic hydroxyl groups is 1. The first-order chi connectivity index (χ1) is 14.6. The van der Waals surface area contributed by atoms with Crippen molar-refractivity contribution in [2.75, 3.05) is 19.5 Å². The van der Waals surface area contributed by atoms with Gasteiger partial charge in [0.25, 0.3) is 0 Å². The molecule has 0 fully saturated rings. The fourth-order valence-corrected chi connectivity index (χ4v) is 3.86. The third kappa shape index (κ3) is 6.14. The van der Waals surface area contributed by atoms with Crippen LogP contribution >= 0.6 is 11.8 Å². The summed E-state index contributed by atoms with van der Waals surface area (Å²) in [5.41, 5.74) is 4.83. The molecule has 1 aromatic heterocycles. The lowest BCUT2D eigenvalue weighted by atomic mass is 10.1. The summed E-state index contributed by atoms with van der Waals surface area (Å²) in [5.74, 6) is 0.861. The summed E-state index contributed by atoms with van der Waals surface area (Å²) in [4.78, 5) is 1.27. The van der Waals surface area contributed by atoms with E-state index in [1.54, 1.807) is 11.8 Å². The summed E-state index contributed by atoms with van der Waals surface area (Å²) >= 11 is 1.76. The molecule has 2 aromatic carbocycles. The van der Waals surface area contributed by atoms with E-state index in [4.69, 9.17) is 9.47 Å². The Morgan fingerprint density at radius 1 is 1.00 bits per heavy atom. The highest BCUT2D eigenvalue weighted by Gasteiger charge is 2.08. The molecule has 0 aliphatic carbocycles. The van der Waals surface area contributed by atoms with Crippen molar-refractivity contribution in [1.82, 2.24) is 4.57 Å². The van der Waals surface area contributed by atoms with Crippen LogP contribution in [-0.2, 0) is 17.7 Å². The normalized spacial score (nSPS) is 12.1. The van der Waals surface area contributed by atoms with Crippen LogP contribution in [0.4, 0.5) is 0 Å². The molecule has 1 heterocycles. The van der Waals surface area contributed by atoms with E-state index >= 15 is 0 Å². The number of aryl methyl sites for hydroxylation is 2. The lowest BCUT2D eigenvalue weighted by Crippen LogP contribution is -2.12. The first-order valence-corrected chi connectivity index (χ1v) is 11.6. The van der Waals surface area contributed by atoms with E-state index in [1.165, 1.54) is 27.4 Å². The van der Waals surface area contributed by atoms with Crippen molar-refractivity contribution in [1.29, 1.82) is 0 Å². The molecular weight excluding hydrogens is 394 g/mol. The molecule has 1 N–H and O–H groups in total. The molecular formula is C25H31NO3S. The number of benzene rings is 2. The largest absolute Gasteiger partial charge is 0.492 e. The second kappa shape index (κ2) is 11.3. The standard InChI is InChI=1S/C25H31NO3S/c1-4-28-25(27)16-8-20-6-11-22(12-7-20)29-18-17-26-19(2)5-15-24(26)21-9-13-23(30-3)14-10-21/h5-7,9-15,25,27H,4,8,16-18H2,1-3H3/t25-/m0/s1. The molecule has 5 heteroatoms. The molecule has 0 spiro atoms. The summed E-state index contributed by atoms with van der Waals surface area (Å²) in [6.45, 7) is 5.94. The first-order valence-electron chi connectivity index (χ1n) is 10.4. The van der Waals surface area contributed by atoms with Gasteiger partial charge in [-0.15, -0.1) is 11.8 Å². The van der Waals surface area contributed by atoms with Crippen LogP contribution < -0.4 is 4.74 Å². The van der Waals surface area contributed by atoms with Crippen LogP contribution in [0.2, 0.25) is 0 Å². The Labute approximate surface area is 183 Å². The van der Waals surface area contributed by atoms with E-state index in [-0.39, 0.29) is 0 Å². The highest BCUT2D eigenvalue weighted by molar-refractivity contribution is 7.98. The van der Waals surface area contributed by atoms with Crippen molar-refractivity contribution in [2.24, 2.45) is 0 Å². The maximum atomic E-state index is 9.67. The van der Waals surface area contributed by atoms with E-state index in [0.29, 0.717) is 19.6 Å².